The molecule has 0 aliphatic carbocycles. The molecule has 24 heavy (non-hydrogen) atoms. The standard InChI is InChI=1S/C17H16F2N2O2S/c18-17(19)24-13-8-6-12(7-9-13)16(23)21-14(15(20)22)10-11-4-2-1-3-5-11/h1-9,14,17H,10H2,(H2,20,22)(H,21,23). The molecule has 2 amide bonds. The highest BCUT2D eigenvalue weighted by Gasteiger charge is 2.19. The Morgan fingerprint density at radius 1 is 1.04 bits per heavy atom. The van der Waals surface area contributed by atoms with Crippen molar-refractivity contribution in [2.75, 3.05) is 0 Å². The number of thioether (sulfide) groups is 1. The van der Waals surface area contributed by atoms with Crippen LogP contribution in [-0.2, 0) is 11.2 Å². The molecule has 0 aliphatic heterocycles. The Morgan fingerprint density at radius 3 is 2.21 bits per heavy atom. The maximum Gasteiger partial charge on any atom is 0.288 e. The number of amides is 2. The van der Waals surface area contributed by atoms with Gasteiger partial charge in [-0.3, -0.25) is 9.59 Å². The predicted molar refractivity (Wildman–Crippen MR) is 88.9 cm³/mol. The molecule has 0 saturated carbocycles. The molecule has 0 heterocycles. The summed E-state index contributed by atoms with van der Waals surface area (Å²) in [6.07, 6.45) is 0.279. The Labute approximate surface area is 142 Å². The van der Waals surface area contributed by atoms with Crippen LogP contribution >= 0.6 is 11.8 Å². The van der Waals surface area contributed by atoms with Crippen molar-refractivity contribution in [2.45, 2.75) is 23.1 Å². The van der Waals surface area contributed by atoms with Gasteiger partial charge in [0.15, 0.2) is 0 Å². The van der Waals surface area contributed by atoms with E-state index in [1.807, 2.05) is 30.3 Å². The fourth-order valence-electron chi connectivity index (χ4n) is 2.10. The minimum absolute atomic E-state index is 0.271. The second-order valence-electron chi connectivity index (χ2n) is 5.02. The third-order valence-corrected chi connectivity index (χ3v) is 4.00. The van der Waals surface area contributed by atoms with Gasteiger partial charge in [0.1, 0.15) is 6.04 Å². The average molecular weight is 350 g/mol. The van der Waals surface area contributed by atoms with E-state index in [4.69, 9.17) is 5.73 Å². The molecular formula is C17H16F2N2O2S. The number of carbonyl (C=O) groups is 2. The maximum absolute atomic E-state index is 12.3. The third kappa shape index (κ3) is 5.34. The molecular weight excluding hydrogens is 334 g/mol. The van der Waals surface area contributed by atoms with E-state index in [1.165, 1.54) is 24.3 Å². The number of nitrogens with two attached hydrogens (primary N) is 1. The van der Waals surface area contributed by atoms with Gasteiger partial charge in [-0.2, -0.15) is 8.78 Å². The zero-order valence-corrected chi connectivity index (χ0v) is 13.4. The first kappa shape index (κ1) is 17.9. The molecule has 2 rings (SSSR count). The highest BCUT2D eigenvalue weighted by atomic mass is 32.2. The predicted octanol–water partition coefficient (Wildman–Crippen LogP) is 2.83. The molecule has 4 nitrogen and oxygen atoms in total. The lowest BCUT2D eigenvalue weighted by molar-refractivity contribution is -0.119. The summed E-state index contributed by atoms with van der Waals surface area (Å²) in [4.78, 5) is 24.1. The topological polar surface area (TPSA) is 72.2 Å². The molecule has 1 unspecified atom stereocenters. The lowest BCUT2D eigenvalue weighted by atomic mass is 10.0. The molecule has 0 bridgehead atoms. The minimum atomic E-state index is -2.52. The Morgan fingerprint density at radius 2 is 1.67 bits per heavy atom. The summed E-state index contributed by atoms with van der Waals surface area (Å²) in [6.45, 7) is 0. The number of alkyl halides is 2. The fraction of sp³-hybridized carbons (Fsp3) is 0.176. The van der Waals surface area contributed by atoms with Crippen LogP contribution in [0.3, 0.4) is 0 Å². The molecule has 1 atom stereocenters. The molecule has 126 valence electrons. The van der Waals surface area contributed by atoms with Gasteiger partial charge in [-0.25, -0.2) is 0 Å². The number of hydrogen-bond acceptors (Lipinski definition) is 3. The highest BCUT2D eigenvalue weighted by molar-refractivity contribution is 7.99. The van der Waals surface area contributed by atoms with Gasteiger partial charge in [-0.1, -0.05) is 42.1 Å². The van der Waals surface area contributed by atoms with Crippen molar-refractivity contribution in [3.05, 3.63) is 65.7 Å². The number of hydrogen-bond donors (Lipinski definition) is 2. The summed E-state index contributed by atoms with van der Waals surface area (Å²) in [5.74, 6) is -3.64. The van der Waals surface area contributed by atoms with Crippen LogP contribution in [0.25, 0.3) is 0 Å². The largest absolute Gasteiger partial charge is 0.368 e. The number of rotatable bonds is 7. The first-order valence-electron chi connectivity index (χ1n) is 7.14. The van der Waals surface area contributed by atoms with Crippen LogP contribution in [0.1, 0.15) is 15.9 Å². The smallest absolute Gasteiger partial charge is 0.288 e. The summed E-state index contributed by atoms with van der Waals surface area (Å²) < 4.78 is 24.6. The SMILES string of the molecule is NC(=O)C(Cc1ccccc1)NC(=O)c1ccc(SC(F)F)cc1. The van der Waals surface area contributed by atoms with Crippen LogP contribution in [0.2, 0.25) is 0 Å². The van der Waals surface area contributed by atoms with Crippen molar-refractivity contribution in [3.63, 3.8) is 0 Å². The van der Waals surface area contributed by atoms with Gasteiger partial charge in [-0.15, -0.1) is 0 Å². The molecule has 7 heteroatoms. The molecule has 0 aromatic heterocycles. The maximum atomic E-state index is 12.3. The van der Waals surface area contributed by atoms with Gasteiger partial charge < -0.3 is 11.1 Å². The van der Waals surface area contributed by atoms with Gasteiger partial charge in [-0.05, 0) is 29.8 Å². The number of primary amides is 1. The van der Waals surface area contributed by atoms with Crippen molar-refractivity contribution in [3.8, 4) is 0 Å². The highest BCUT2D eigenvalue weighted by Crippen LogP contribution is 2.25. The van der Waals surface area contributed by atoms with E-state index in [2.05, 4.69) is 5.32 Å². The molecule has 0 aliphatic rings. The zero-order chi connectivity index (χ0) is 17.5. The van der Waals surface area contributed by atoms with E-state index in [-0.39, 0.29) is 12.0 Å². The van der Waals surface area contributed by atoms with Crippen molar-refractivity contribution in [2.24, 2.45) is 5.73 Å². The van der Waals surface area contributed by atoms with Gasteiger partial charge in [0.2, 0.25) is 5.91 Å². The summed E-state index contributed by atoms with van der Waals surface area (Å²) in [6, 6.07) is 14.0. The lowest BCUT2D eigenvalue weighted by Gasteiger charge is -2.15. The van der Waals surface area contributed by atoms with Crippen LogP contribution in [0, 0.1) is 0 Å². The molecule has 0 spiro atoms. The van der Waals surface area contributed by atoms with Crippen molar-refractivity contribution in [1.29, 1.82) is 0 Å². The van der Waals surface area contributed by atoms with Crippen LogP contribution in [0.4, 0.5) is 8.78 Å². The Kier molecular flexibility index (Phi) is 6.31. The van der Waals surface area contributed by atoms with Gasteiger partial charge >= 0.3 is 0 Å². The lowest BCUT2D eigenvalue weighted by Crippen LogP contribution is -2.45. The van der Waals surface area contributed by atoms with Crippen molar-refractivity contribution >= 4 is 23.6 Å². The zero-order valence-electron chi connectivity index (χ0n) is 12.6. The number of halogens is 2. The van der Waals surface area contributed by atoms with Gasteiger partial charge in [0, 0.05) is 16.9 Å². The quantitative estimate of drug-likeness (QED) is 0.754. The third-order valence-electron chi connectivity index (χ3n) is 3.27. The van der Waals surface area contributed by atoms with Crippen LogP contribution in [0.15, 0.2) is 59.5 Å². The van der Waals surface area contributed by atoms with Gasteiger partial charge in [0.25, 0.3) is 11.7 Å². The monoisotopic (exact) mass is 350 g/mol. The van der Waals surface area contributed by atoms with E-state index in [0.717, 1.165) is 5.56 Å². The summed E-state index contributed by atoms with van der Waals surface area (Å²) in [5, 5.41) is 2.57. The minimum Gasteiger partial charge on any atom is -0.368 e. The molecule has 2 aromatic carbocycles. The Balaban J connectivity index is 2.03. The average Bonchev–Trinajstić information content (AvgIpc) is 2.55. The second kappa shape index (κ2) is 8.44. The normalized spacial score (nSPS) is 12.0. The number of nitrogens with one attached hydrogen (secondary N) is 1. The van der Waals surface area contributed by atoms with Crippen molar-refractivity contribution < 1.29 is 18.4 Å². The van der Waals surface area contributed by atoms with Crippen molar-refractivity contribution in [1.82, 2.24) is 5.32 Å². The molecule has 0 fully saturated rings. The Hall–Kier alpha value is -2.41. The van der Waals surface area contributed by atoms with E-state index in [9.17, 15) is 18.4 Å². The molecule has 0 saturated heterocycles. The van der Waals surface area contributed by atoms with E-state index < -0.39 is 23.6 Å². The fourth-order valence-corrected chi connectivity index (χ4v) is 2.60. The molecule has 3 N–H and O–H groups in total. The van der Waals surface area contributed by atoms with Crippen LogP contribution < -0.4 is 11.1 Å². The Bertz CT molecular complexity index is 693. The number of benzene rings is 2. The van der Waals surface area contributed by atoms with E-state index in [0.29, 0.717) is 16.7 Å². The van der Waals surface area contributed by atoms with E-state index >= 15 is 0 Å². The van der Waals surface area contributed by atoms with Crippen LogP contribution in [0.5, 0.6) is 0 Å². The first-order valence-corrected chi connectivity index (χ1v) is 8.02. The number of carbonyl (C=O) groups excluding carboxylic acids is 2. The summed E-state index contributed by atoms with van der Waals surface area (Å²) in [7, 11) is 0. The van der Waals surface area contributed by atoms with Gasteiger partial charge in [0.05, 0.1) is 0 Å². The molecule has 2 aromatic rings. The summed E-state index contributed by atoms with van der Waals surface area (Å²) in [5.41, 5.74) is 6.49. The first-order chi connectivity index (χ1) is 11.5. The van der Waals surface area contributed by atoms with E-state index in [1.54, 1.807) is 0 Å². The molecule has 0 radical (unpaired) electrons. The second-order valence-corrected chi connectivity index (χ2v) is 6.08. The van der Waals surface area contributed by atoms with Crippen LogP contribution in [-0.4, -0.2) is 23.6 Å². The summed E-state index contributed by atoms with van der Waals surface area (Å²) >= 11 is 0.400.